The van der Waals surface area contributed by atoms with Gasteiger partial charge in [0.25, 0.3) is 0 Å². The molecule has 14 heteroatoms. The van der Waals surface area contributed by atoms with E-state index in [9.17, 15) is 32.3 Å². The number of amides is 4. The number of nitrogens with one attached hydrogen (secondary N) is 1. The fraction of sp³-hybridized carbons (Fsp3) is 0.500. The standard InChI is InChI=1S/C42H48F3N5O6/c1-55-30-16-17-32-34(20-30)47-33(26-11-7-5-8-12-26)22-36(32)56-31-21-35-38(52)48-41(40(46)54)23-28(41)14-9-4-2-3-6-13-27(39(53)50(35)25-31)19-37(51)49-18-10-15-29(24-49)42(43,44)45/h5,7-9,11-12,14,16-17,20,22,27-29,31,35H,2-4,6,10,13,15,18-19,21,23-25H2,1H3,(H2,46,54)(H,48,52)/b14-9-/t27-,28-,29?,31-,35+,41-/m1/s1. The van der Waals surface area contributed by atoms with Gasteiger partial charge in [-0.2, -0.15) is 13.2 Å². The van der Waals surface area contributed by atoms with E-state index in [0.29, 0.717) is 47.4 Å². The van der Waals surface area contributed by atoms with Gasteiger partial charge in [0.2, 0.25) is 23.6 Å². The number of hydrogen-bond donors (Lipinski definition) is 2. The van der Waals surface area contributed by atoms with E-state index in [0.717, 1.165) is 24.8 Å². The number of carbonyl (C=O) groups excluding carboxylic acids is 4. The van der Waals surface area contributed by atoms with Crippen molar-refractivity contribution in [2.75, 3.05) is 26.7 Å². The summed E-state index contributed by atoms with van der Waals surface area (Å²) in [5.74, 6) is -3.86. The molecule has 298 valence electrons. The number of primary amides is 1. The molecule has 1 unspecified atom stereocenters. The lowest BCUT2D eigenvalue weighted by molar-refractivity contribution is -0.188. The minimum atomic E-state index is -4.42. The minimum absolute atomic E-state index is 0.00494. The van der Waals surface area contributed by atoms with Gasteiger partial charge in [0.05, 0.1) is 30.8 Å². The number of likely N-dealkylation sites (tertiary alicyclic amines) is 1. The molecule has 4 heterocycles. The number of carbonyl (C=O) groups is 4. The van der Waals surface area contributed by atoms with Gasteiger partial charge in [0.15, 0.2) is 0 Å². The Morgan fingerprint density at radius 2 is 1.82 bits per heavy atom. The van der Waals surface area contributed by atoms with Gasteiger partial charge in [0, 0.05) is 60.8 Å². The molecule has 3 N–H and O–H groups in total. The van der Waals surface area contributed by atoms with Crippen LogP contribution in [-0.4, -0.2) is 89.0 Å². The number of allylic oxidation sites excluding steroid dienone is 1. The number of benzene rings is 2. The first-order chi connectivity index (χ1) is 26.9. The molecule has 0 spiro atoms. The van der Waals surface area contributed by atoms with Gasteiger partial charge >= 0.3 is 6.18 Å². The molecule has 1 aromatic heterocycles. The van der Waals surface area contributed by atoms with Gasteiger partial charge in [-0.05, 0) is 50.7 Å². The molecular formula is C42H48F3N5O6. The highest BCUT2D eigenvalue weighted by Crippen LogP contribution is 2.45. The van der Waals surface area contributed by atoms with Crippen molar-refractivity contribution in [3.05, 3.63) is 66.7 Å². The van der Waals surface area contributed by atoms with Crippen molar-refractivity contribution in [1.82, 2.24) is 20.1 Å². The SMILES string of the molecule is COc1ccc2c(O[C@@H]3C[C@H]4C(=O)N[C@]5(C(N)=O)C[C@H]5/C=C\CCCCC[C@H](CC(=O)N5CCCC(C(F)(F)F)C5)C(=O)N4C3)cc(-c3ccccc3)nc2c1. The highest BCUT2D eigenvalue weighted by molar-refractivity contribution is 5.97. The summed E-state index contributed by atoms with van der Waals surface area (Å²) in [4.78, 5) is 62.9. The summed E-state index contributed by atoms with van der Waals surface area (Å²) >= 11 is 0. The number of ether oxygens (including phenoxy) is 2. The summed E-state index contributed by atoms with van der Waals surface area (Å²) in [6.07, 6.45) is 2.31. The van der Waals surface area contributed by atoms with Gasteiger partial charge in [-0.25, -0.2) is 4.98 Å². The maximum atomic E-state index is 14.7. The van der Waals surface area contributed by atoms with Gasteiger partial charge < -0.3 is 30.3 Å². The van der Waals surface area contributed by atoms with E-state index < -0.39 is 65.9 Å². The fourth-order valence-electron chi connectivity index (χ4n) is 8.47. The van der Waals surface area contributed by atoms with E-state index in [1.807, 2.05) is 54.6 Å². The normalized spacial score (nSPS) is 28.0. The summed E-state index contributed by atoms with van der Waals surface area (Å²) in [5.41, 5.74) is 6.68. The lowest BCUT2D eigenvalue weighted by Gasteiger charge is -2.35. The summed E-state index contributed by atoms with van der Waals surface area (Å²) in [5, 5.41) is 3.58. The van der Waals surface area contributed by atoms with Crippen molar-refractivity contribution < 1.29 is 41.8 Å². The maximum Gasteiger partial charge on any atom is 0.393 e. The van der Waals surface area contributed by atoms with Crippen molar-refractivity contribution in [1.29, 1.82) is 0 Å². The number of piperidine rings is 1. The largest absolute Gasteiger partial charge is 0.497 e. The van der Waals surface area contributed by atoms with Crippen molar-refractivity contribution in [3.63, 3.8) is 0 Å². The van der Waals surface area contributed by atoms with E-state index in [4.69, 9.17) is 20.2 Å². The zero-order chi connectivity index (χ0) is 39.6. The molecule has 1 aliphatic carbocycles. The predicted octanol–water partition coefficient (Wildman–Crippen LogP) is 5.95. The van der Waals surface area contributed by atoms with Gasteiger partial charge in [-0.15, -0.1) is 0 Å². The number of aromatic nitrogens is 1. The van der Waals surface area contributed by atoms with Crippen LogP contribution in [0.25, 0.3) is 22.2 Å². The van der Waals surface area contributed by atoms with Crippen molar-refractivity contribution in [2.45, 2.75) is 88.1 Å². The average Bonchev–Trinajstić information content (AvgIpc) is 3.73. The molecule has 2 saturated heterocycles. The highest BCUT2D eigenvalue weighted by Gasteiger charge is 2.60. The molecule has 0 radical (unpaired) electrons. The van der Waals surface area contributed by atoms with Crippen LogP contribution in [0.2, 0.25) is 0 Å². The second kappa shape index (κ2) is 16.1. The maximum absolute atomic E-state index is 14.7. The van der Waals surface area contributed by atoms with Crippen LogP contribution in [0, 0.1) is 17.8 Å². The second-order valence-corrected chi connectivity index (χ2v) is 15.6. The Kier molecular flexibility index (Phi) is 11.3. The monoisotopic (exact) mass is 775 g/mol. The first kappa shape index (κ1) is 39.1. The van der Waals surface area contributed by atoms with Crippen molar-refractivity contribution >= 4 is 34.5 Å². The summed E-state index contributed by atoms with van der Waals surface area (Å²) in [6, 6.07) is 15.7. The van der Waals surface area contributed by atoms with Crippen LogP contribution in [-0.2, 0) is 19.2 Å². The predicted molar refractivity (Wildman–Crippen MR) is 202 cm³/mol. The molecule has 3 aromatic rings. The molecule has 2 aromatic carbocycles. The van der Waals surface area contributed by atoms with Crippen LogP contribution in [0.15, 0.2) is 66.7 Å². The van der Waals surface area contributed by atoms with Crippen LogP contribution in [0.4, 0.5) is 13.2 Å². The van der Waals surface area contributed by atoms with E-state index in [-0.39, 0.29) is 44.7 Å². The zero-order valence-electron chi connectivity index (χ0n) is 31.4. The Morgan fingerprint density at radius 1 is 1.02 bits per heavy atom. The Bertz CT molecular complexity index is 1990. The molecule has 3 aliphatic heterocycles. The molecule has 4 amide bonds. The Balaban J connectivity index is 1.20. The lowest BCUT2D eigenvalue weighted by Crippen LogP contribution is -2.55. The number of nitrogens with two attached hydrogens (primary N) is 1. The number of fused-ring (bicyclic) bond motifs is 3. The second-order valence-electron chi connectivity index (χ2n) is 15.6. The molecule has 1 saturated carbocycles. The summed E-state index contributed by atoms with van der Waals surface area (Å²) in [6.45, 7) is -0.251. The molecule has 7 rings (SSSR count). The number of methoxy groups -OCH3 is 1. The number of alkyl halides is 3. The van der Waals surface area contributed by atoms with Gasteiger partial charge in [-0.3, -0.25) is 19.2 Å². The average molecular weight is 776 g/mol. The molecule has 11 nitrogen and oxygen atoms in total. The lowest BCUT2D eigenvalue weighted by atomic mass is 9.93. The van der Waals surface area contributed by atoms with E-state index in [2.05, 4.69) is 5.32 Å². The van der Waals surface area contributed by atoms with Crippen LogP contribution in [0.3, 0.4) is 0 Å². The molecular weight excluding hydrogens is 727 g/mol. The summed E-state index contributed by atoms with van der Waals surface area (Å²) in [7, 11) is 1.57. The number of halogens is 3. The first-order valence-corrected chi connectivity index (χ1v) is 19.5. The minimum Gasteiger partial charge on any atom is -0.497 e. The number of rotatable bonds is 7. The molecule has 4 aliphatic rings. The number of pyridine rings is 1. The third kappa shape index (κ3) is 8.34. The molecule has 0 bridgehead atoms. The summed E-state index contributed by atoms with van der Waals surface area (Å²) < 4.78 is 53.1. The van der Waals surface area contributed by atoms with Crippen LogP contribution in [0.5, 0.6) is 11.5 Å². The first-order valence-electron chi connectivity index (χ1n) is 19.5. The molecule has 56 heavy (non-hydrogen) atoms. The van der Waals surface area contributed by atoms with Gasteiger partial charge in [0.1, 0.15) is 29.2 Å². The van der Waals surface area contributed by atoms with Crippen molar-refractivity contribution in [2.24, 2.45) is 23.5 Å². The Morgan fingerprint density at radius 3 is 2.57 bits per heavy atom. The Labute approximate surface area is 323 Å². The van der Waals surface area contributed by atoms with Crippen LogP contribution < -0.4 is 20.5 Å². The molecule has 6 atom stereocenters. The molecule has 3 fully saturated rings. The van der Waals surface area contributed by atoms with Crippen LogP contribution in [0.1, 0.15) is 64.2 Å². The number of hydrogen-bond acceptors (Lipinski definition) is 7. The quantitative estimate of drug-likeness (QED) is 0.283. The number of nitrogens with zero attached hydrogens (tertiary/aromatic N) is 3. The third-order valence-electron chi connectivity index (χ3n) is 11.8. The van der Waals surface area contributed by atoms with Crippen molar-refractivity contribution in [3.8, 4) is 22.8 Å². The van der Waals surface area contributed by atoms with E-state index in [1.54, 1.807) is 19.2 Å². The van der Waals surface area contributed by atoms with Crippen LogP contribution >= 0.6 is 0 Å². The smallest absolute Gasteiger partial charge is 0.393 e. The zero-order valence-corrected chi connectivity index (χ0v) is 31.4. The third-order valence-corrected chi connectivity index (χ3v) is 11.8. The Hall–Kier alpha value is -5.14. The topological polar surface area (TPSA) is 144 Å². The van der Waals surface area contributed by atoms with E-state index in [1.165, 1.54) is 9.80 Å². The van der Waals surface area contributed by atoms with Gasteiger partial charge in [-0.1, -0.05) is 55.3 Å². The van der Waals surface area contributed by atoms with E-state index >= 15 is 0 Å². The highest BCUT2D eigenvalue weighted by atomic mass is 19.4. The fourth-order valence-corrected chi connectivity index (χ4v) is 8.47.